The number of rotatable bonds is 5. The Morgan fingerprint density at radius 1 is 1.18 bits per heavy atom. The fourth-order valence-electron chi connectivity index (χ4n) is 4.84. The van der Waals surface area contributed by atoms with E-state index in [1.165, 1.54) is 11.0 Å². The van der Waals surface area contributed by atoms with Crippen LogP contribution >= 0.6 is 11.6 Å². The van der Waals surface area contributed by atoms with Crippen LogP contribution in [0.3, 0.4) is 0 Å². The molecule has 3 amide bonds. The van der Waals surface area contributed by atoms with Gasteiger partial charge in [-0.05, 0) is 48.6 Å². The number of nitrogens with zero attached hydrogens (tertiary/aromatic N) is 2. The van der Waals surface area contributed by atoms with Crippen molar-refractivity contribution >= 4 is 41.1 Å². The molecule has 13 heteroatoms. The second-order valence-corrected chi connectivity index (χ2v) is 9.79. The molecule has 39 heavy (non-hydrogen) atoms. The predicted molar refractivity (Wildman–Crippen MR) is 137 cm³/mol. The molecule has 0 saturated carbocycles. The Labute approximate surface area is 228 Å². The maximum atomic E-state index is 13.4. The maximum absolute atomic E-state index is 13.4. The first-order chi connectivity index (χ1) is 18.5. The summed E-state index contributed by atoms with van der Waals surface area (Å²) in [6.07, 6.45) is -5.80. The molecule has 0 aliphatic carbocycles. The van der Waals surface area contributed by atoms with E-state index in [4.69, 9.17) is 26.8 Å². The third kappa shape index (κ3) is 6.49. The first kappa shape index (κ1) is 28.3. The number of carbonyl (C=O) groups is 3. The van der Waals surface area contributed by atoms with Crippen molar-refractivity contribution in [3.63, 3.8) is 0 Å². The van der Waals surface area contributed by atoms with Crippen molar-refractivity contribution in [2.75, 3.05) is 37.8 Å². The Morgan fingerprint density at radius 3 is 2.54 bits per heavy atom. The van der Waals surface area contributed by atoms with Crippen LogP contribution in [-0.4, -0.2) is 66.8 Å². The Bertz CT molecular complexity index is 1250. The third-order valence-electron chi connectivity index (χ3n) is 6.93. The quantitative estimate of drug-likeness (QED) is 0.399. The van der Waals surface area contributed by atoms with Crippen molar-refractivity contribution in [2.24, 2.45) is 0 Å². The van der Waals surface area contributed by atoms with Crippen molar-refractivity contribution < 1.29 is 37.0 Å². The minimum atomic E-state index is -4.77. The first-order valence-corrected chi connectivity index (χ1v) is 12.7. The molecule has 2 heterocycles. The summed E-state index contributed by atoms with van der Waals surface area (Å²) in [5.41, 5.74) is 5.52. The summed E-state index contributed by atoms with van der Waals surface area (Å²) in [6.45, 7) is 1.06. The number of carbonyl (C=O) groups excluding carboxylic acids is 3. The molecule has 9 nitrogen and oxygen atoms in total. The molecule has 3 N–H and O–H groups in total. The van der Waals surface area contributed by atoms with Gasteiger partial charge in [-0.25, -0.2) is 14.4 Å². The van der Waals surface area contributed by atoms with Gasteiger partial charge in [-0.3, -0.25) is 0 Å². The molecule has 0 spiro atoms. The number of benzene rings is 2. The monoisotopic (exact) mass is 568 g/mol. The SMILES string of the molecule is COC(=O)[C@@H](Cc1cc(Cl)c(N)c(C(F)(F)F)c1)OC(=O)N1CCC(N2CCc3ccccc3NC2=O)CC1. The van der Waals surface area contributed by atoms with Crippen LogP contribution in [0.1, 0.15) is 29.5 Å². The number of hydrogen-bond acceptors (Lipinski definition) is 6. The lowest BCUT2D eigenvalue weighted by Gasteiger charge is -2.37. The summed E-state index contributed by atoms with van der Waals surface area (Å²) in [7, 11) is 1.08. The number of nitrogens with two attached hydrogens (primary N) is 1. The highest BCUT2D eigenvalue weighted by atomic mass is 35.5. The fourth-order valence-corrected chi connectivity index (χ4v) is 5.08. The zero-order valence-corrected chi connectivity index (χ0v) is 21.8. The average molecular weight is 569 g/mol. The number of halogens is 4. The van der Waals surface area contributed by atoms with Crippen LogP contribution in [0.5, 0.6) is 0 Å². The van der Waals surface area contributed by atoms with Crippen molar-refractivity contribution in [3.05, 3.63) is 58.1 Å². The summed E-state index contributed by atoms with van der Waals surface area (Å²) < 4.78 is 50.1. The molecule has 1 atom stereocenters. The topological polar surface area (TPSA) is 114 Å². The molecule has 2 aliphatic rings. The van der Waals surface area contributed by atoms with Crippen LogP contribution in [0.15, 0.2) is 36.4 Å². The summed E-state index contributed by atoms with van der Waals surface area (Å²) in [5, 5.41) is 2.60. The van der Waals surface area contributed by atoms with Crippen LogP contribution in [-0.2, 0) is 33.3 Å². The van der Waals surface area contributed by atoms with E-state index in [-0.39, 0.29) is 35.7 Å². The number of nitrogens with one attached hydrogen (secondary N) is 1. The number of amides is 3. The number of likely N-dealkylation sites (tertiary alicyclic amines) is 1. The molecule has 0 bridgehead atoms. The minimum Gasteiger partial charge on any atom is -0.466 e. The third-order valence-corrected chi connectivity index (χ3v) is 7.24. The standard InChI is InChI=1S/C26H28ClF3N4O5/c1-38-23(35)21(14-15-12-18(26(28,29)30)22(31)19(27)13-15)39-25(37)33-9-7-17(8-10-33)34-11-6-16-4-2-3-5-20(16)32-24(34)36/h2-5,12-13,17,21H,6-11,14,31H2,1H3,(H,32,36)/t21-/m1/s1. The highest BCUT2D eigenvalue weighted by Crippen LogP contribution is 2.38. The highest BCUT2D eigenvalue weighted by molar-refractivity contribution is 6.33. The van der Waals surface area contributed by atoms with E-state index in [1.54, 1.807) is 4.90 Å². The molecule has 1 fully saturated rings. The molecule has 0 radical (unpaired) electrons. The van der Waals surface area contributed by atoms with Gasteiger partial charge >= 0.3 is 24.3 Å². The fraction of sp³-hybridized carbons (Fsp3) is 0.423. The van der Waals surface area contributed by atoms with Gasteiger partial charge in [0.05, 0.1) is 23.4 Å². The minimum absolute atomic E-state index is 0.00314. The Hall–Kier alpha value is -3.67. The van der Waals surface area contributed by atoms with Gasteiger partial charge in [0.1, 0.15) is 0 Å². The summed E-state index contributed by atoms with van der Waals surface area (Å²) >= 11 is 5.88. The van der Waals surface area contributed by atoms with Crippen molar-refractivity contribution in [3.8, 4) is 0 Å². The number of methoxy groups -OCH3 is 1. The lowest BCUT2D eigenvalue weighted by atomic mass is 10.0. The molecule has 0 unspecified atom stereocenters. The molecule has 210 valence electrons. The first-order valence-electron chi connectivity index (χ1n) is 12.3. The van der Waals surface area contributed by atoms with Crippen molar-refractivity contribution in [1.82, 2.24) is 9.80 Å². The molecular weight excluding hydrogens is 541 g/mol. The second kappa shape index (κ2) is 11.6. The van der Waals surface area contributed by atoms with E-state index in [1.807, 2.05) is 24.3 Å². The van der Waals surface area contributed by atoms with E-state index in [2.05, 4.69) is 5.32 Å². The number of ether oxygens (including phenoxy) is 2. The lowest BCUT2D eigenvalue weighted by Crippen LogP contribution is -2.50. The molecule has 1 saturated heterocycles. The van der Waals surface area contributed by atoms with Gasteiger partial charge in [-0.2, -0.15) is 13.2 Å². The van der Waals surface area contributed by atoms with Gasteiger partial charge in [0, 0.05) is 37.8 Å². The zero-order chi connectivity index (χ0) is 28.3. The van der Waals surface area contributed by atoms with Gasteiger partial charge in [-0.1, -0.05) is 29.8 Å². The van der Waals surface area contributed by atoms with Gasteiger partial charge in [-0.15, -0.1) is 0 Å². The summed E-state index contributed by atoms with van der Waals surface area (Å²) in [5.74, 6) is -0.930. The Balaban J connectivity index is 1.38. The van der Waals surface area contributed by atoms with E-state index in [9.17, 15) is 27.6 Å². The number of anilines is 2. The Morgan fingerprint density at radius 2 is 1.87 bits per heavy atom. The number of esters is 1. The lowest BCUT2D eigenvalue weighted by molar-refractivity contribution is -0.151. The predicted octanol–water partition coefficient (Wildman–Crippen LogP) is 4.72. The molecule has 2 aliphatic heterocycles. The van der Waals surface area contributed by atoms with Gasteiger partial charge in [0.25, 0.3) is 0 Å². The average Bonchev–Trinajstić information content (AvgIpc) is 3.07. The van der Waals surface area contributed by atoms with Crippen LogP contribution in [0, 0.1) is 0 Å². The van der Waals surface area contributed by atoms with Crippen LogP contribution in [0.25, 0.3) is 0 Å². The van der Waals surface area contributed by atoms with Crippen LogP contribution in [0.2, 0.25) is 5.02 Å². The number of nitrogen functional groups attached to an aromatic ring is 1. The zero-order valence-electron chi connectivity index (χ0n) is 21.1. The molecule has 4 rings (SSSR count). The molecule has 2 aromatic rings. The maximum Gasteiger partial charge on any atom is 0.418 e. The van der Waals surface area contributed by atoms with E-state index >= 15 is 0 Å². The van der Waals surface area contributed by atoms with E-state index < -0.39 is 42.0 Å². The largest absolute Gasteiger partial charge is 0.466 e. The number of para-hydroxylation sites is 1. The smallest absolute Gasteiger partial charge is 0.418 e. The number of hydrogen-bond donors (Lipinski definition) is 2. The summed E-state index contributed by atoms with van der Waals surface area (Å²) in [4.78, 5) is 41.2. The number of urea groups is 1. The molecule has 2 aromatic carbocycles. The van der Waals surface area contributed by atoms with Crippen LogP contribution in [0.4, 0.5) is 34.1 Å². The number of piperidine rings is 1. The van der Waals surface area contributed by atoms with Gasteiger partial charge in [0.2, 0.25) is 6.10 Å². The Kier molecular flexibility index (Phi) is 8.43. The van der Waals surface area contributed by atoms with Gasteiger partial charge < -0.3 is 30.3 Å². The van der Waals surface area contributed by atoms with Crippen molar-refractivity contribution in [1.29, 1.82) is 0 Å². The summed E-state index contributed by atoms with van der Waals surface area (Å²) in [6, 6.07) is 9.26. The van der Waals surface area contributed by atoms with Crippen molar-refractivity contribution in [2.45, 2.75) is 44.0 Å². The molecular formula is C26H28ClF3N4O5. The number of fused-ring (bicyclic) bond motifs is 1. The van der Waals surface area contributed by atoms with E-state index in [0.29, 0.717) is 25.8 Å². The van der Waals surface area contributed by atoms with E-state index in [0.717, 1.165) is 24.4 Å². The second-order valence-electron chi connectivity index (χ2n) is 9.39. The highest BCUT2D eigenvalue weighted by Gasteiger charge is 2.36. The number of alkyl halides is 3. The van der Waals surface area contributed by atoms with Gasteiger partial charge in [0.15, 0.2) is 0 Å². The van der Waals surface area contributed by atoms with Crippen LogP contribution < -0.4 is 11.1 Å². The normalized spacial score (nSPS) is 17.1. The molecule has 0 aromatic heterocycles.